The molecule has 1 amide bonds. The molecule has 1 atom stereocenters. The first-order chi connectivity index (χ1) is 15.7. The van der Waals surface area contributed by atoms with E-state index in [0.717, 1.165) is 42.9 Å². The van der Waals surface area contributed by atoms with Crippen molar-refractivity contribution in [2.24, 2.45) is 0 Å². The van der Waals surface area contributed by atoms with E-state index in [-0.39, 0.29) is 17.8 Å². The highest BCUT2D eigenvalue weighted by Gasteiger charge is 2.30. The molecule has 32 heavy (non-hydrogen) atoms. The van der Waals surface area contributed by atoms with E-state index in [1.165, 1.54) is 6.07 Å². The molecule has 0 aliphatic carbocycles. The van der Waals surface area contributed by atoms with E-state index in [1.54, 1.807) is 24.3 Å². The molecule has 0 unspecified atom stereocenters. The molecule has 1 saturated heterocycles. The lowest BCUT2D eigenvalue weighted by molar-refractivity contribution is -0.132. The van der Waals surface area contributed by atoms with Gasteiger partial charge in [-0.1, -0.05) is 18.2 Å². The van der Waals surface area contributed by atoms with Crippen molar-refractivity contribution in [1.82, 2.24) is 4.90 Å². The summed E-state index contributed by atoms with van der Waals surface area (Å²) in [5, 5.41) is 0. The fourth-order valence-corrected chi connectivity index (χ4v) is 4.49. The largest absolute Gasteiger partial charge is 0.490 e. The first-order valence-corrected chi connectivity index (χ1v) is 11.2. The summed E-state index contributed by atoms with van der Waals surface area (Å²) in [7, 11) is 0. The summed E-state index contributed by atoms with van der Waals surface area (Å²) in [5.74, 6) is 2.48. The van der Waals surface area contributed by atoms with Crippen LogP contribution in [0.1, 0.15) is 43.0 Å². The number of amides is 1. The van der Waals surface area contributed by atoms with Crippen molar-refractivity contribution in [2.75, 3.05) is 19.8 Å². The van der Waals surface area contributed by atoms with Gasteiger partial charge in [-0.25, -0.2) is 4.39 Å². The fourth-order valence-electron chi connectivity index (χ4n) is 4.49. The minimum absolute atomic E-state index is 0.0465. The van der Waals surface area contributed by atoms with E-state index in [4.69, 9.17) is 13.9 Å². The minimum Gasteiger partial charge on any atom is -0.490 e. The monoisotopic (exact) mass is 435 g/mol. The second-order valence-electron chi connectivity index (χ2n) is 8.25. The molecular formula is C26H26FNO4. The lowest BCUT2D eigenvalue weighted by Gasteiger charge is -2.25. The van der Waals surface area contributed by atoms with Gasteiger partial charge >= 0.3 is 0 Å². The Morgan fingerprint density at radius 3 is 2.72 bits per heavy atom. The van der Waals surface area contributed by atoms with E-state index < -0.39 is 0 Å². The van der Waals surface area contributed by atoms with Crippen LogP contribution in [-0.2, 0) is 11.2 Å². The number of benzene rings is 2. The first-order valence-electron chi connectivity index (χ1n) is 11.2. The number of likely N-dealkylation sites (tertiary alicyclic amines) is 1. The molecule has 0 radical (unpaired) electrons. The molecular weight excluding hydrogens is 409 g/mol. The summed E-state index contributed by atoms with van der Waals surface area (Å²) in [5.41, 5.74) is 1.51. The Kier molecular flexibility index (Phi) is 5.84. The molecule has 2 aromatic carbocycles. The normalized spacial score (nSPS) is 17.9. The van der Waals surface area contributed by atoms with Crippen LogP contribution in [0.25, 0.3) is 11.3 Å². The lowest BCUT2D eigenvalue weighted by Crippen LogP contribution is -2.30. The fraction of sp³-hybridized carbons (Fsp3) is 0.346. The van der Waals surface area contributed by atoms with E-state index in [9.17, 15) is 9.18 Å². The Hall–Kier alpha value is -3.28. The topological polar surface area (TPSA) is 51.9 Å². The number of carbonyl (C=O) groups excluding carboxylic acids is 1. The Morgan fingerprint density at radius 2 is 1.84 bits per heavy atom. The van der Waals surface area contributed by atoms with Crippen molar-refractivity contribution in [3.63, 3.8) is 0 Å². The number of carbonyl (C=O) groups is 1. The van der Waals surface area contributed by atoms with Gasteiger partial charge in [0.2, 0.25) is 5.91 Å². The Balaban J connectivity index is 1.25. The number of nitrogens with zero attached hydrogens (tertiary/aromatic N) is 1. The van der Waals surface area contributed by atoms with Crippen LogP contribution >= 0.6 is 0 Å². The molecule has 0 bridgehead atoms. The van der Waals surface area contributed by atoms with Gasteiger partial charge in [0.25, 0.3) is 0 Å². The predicted octanol–water partition coefficient (Wildman–Crippen LogP) is 5.54. The highest BCUT2D eigenvalue weighted by atomic mass is 19.1. The zero-order valence-corrected chi connectivity index (χ0v) is 17.9. The number of furan rings is 1. The van der Waals surface area contributed by atoms with Crippen LogP contribution in [0.3, 0.4) is 0 Å². The summed E-state index contributed by atoms with van der Waals surface area (Å²) in [6.07, 6.45) is 3.61. The molecule has 5 nitrogen and oxygen atoms in total. The number of hydrogen-bond acceptors (Lipinski definition) is 4. The molecule has 2 aliphatic rings. The van der Waals surface area contributed by atoms with Gasteiger partial charge in [0.15, 0.2) is 11.5 Å². The van der Waals surface area contributed by atoms with E-state index in [0.29, 0.717) is 43.1 Å². The highest BCUT2D eigenvalue weighted by molar-refractivity contribution is 5.77. The molecule has 0 saturated carbocycles. The summed E-state index contributed by atoms with van der Waals surface area (Å²) in [4.78, 5) is 15.0. The van der Waals surface area contributed by atoms with Crippen LogP contribution in [0.5, 0.6) is 11.5 Å². The second-order valence-corrected chi connectivity index (χ2v) is 8.25. The van der Waals surface area contributed by atoms with Crippen LogP contribution in [0, 0.1) is 5.82 Å². The number of halogens is 1. The number of fused-ring (bicyclic) bond motifs is 1. The molecule has 3 aromatic rings. The van der Waals surface area contributed by atoms with Gasteiger partial charge in [-0.05, 0) is 54.8 Å². The van der Waals surface area contributed by atoms with Gasteiger partial charge in [0.05, 0.1) is 24.8 Å². The van der Waals surface area contributed by atoms with Gasteiger partial charge in [-0.15, -0.1) is 0 Å². The van der Waals surface area contributed by atoms with Crippen LogP contribution < -0.4 is 9.47 Å². The van der Waals surface area contributed by atoms with Crippen LogP contribution in [0.15, 0.2) is 59.0 Å². The SMILES string of the molecule is O=C(CCc1ccc(-c2ccccc2F)o1)N1CCC[C@H]1c1ccc2c(c1)OCCCO2. The third kappa shape index (κ3) is 4.22. The molecule has 5 rings (SSSR count). The van der Waals surface area contributed by atoms with Gasteiger partial charge < -0.3 is 18.8 Å². The van der Waals surface area contributed by atoms with Crippen molar-refractivity contribution >= 4 is 5.91 Å². The number of aryl methyl sites for hydroxylation is 1. The first kappa shape index (κ1) is 20.6. The van der Waals surface area contributed by atoms with Crippen LogP contribution in [-0.4, -0.2) is 30.6 Å². The zero-order valence-electron chi connectivity index (χ0n) is 17.9. The molecule has 3 heterocycles. The summed E-state index contributed by atoms with van der Waals surface area (Å²) in [6, 6.07) is 16.2. The molecule has 1 aromatic heterocycles. The van der Waals surface area contributed by atoms with Gasteiger partial charge in [0, 0.05) is 25.8 Å². The maximum atomic E-state index is 14.0. The molecule has 6 heteroatoms. The van der Waals surface area contributed by atoms with E-state index >= 15 is 0 Å². The summed E-state index contributed by atoms with van der Waals surface area (Å²) in [6.45, 7) is 2.05. The van der Waals surface area contributed by atoms with Crippen LogP contribution in [0.2, 0.25) is 0 Å². The molecule has 1 fully saturated rings. The number of rotatable bonds is 5. The van der Waals surface area contributed by atoms with Crippen molar-refractivity contribution in [3.8, 4) is 22.8 Å². The van der Waals surface area contributed by atoms with Crippen LogP contribution in [0.4, 0.5) is 4.39 Å². The Morgan fingerprint density at radius 1 is 1.00 bits per heavy atom. The predicted molar refractivity (Wildman–Crippen MR) is 118 cm³/mol. The standard InChI is InChI=1S/C26H26FNO4/c27-21-6-2-1-5-20(21)23-12-9-19(32-23)10-13-26(29)28-14-3-7-22(28)18-8-11-24-25(17-18)31-16-4-15-30-24/h1-2,5-6,8-9,11-12,17,22H,3-4,7,10,13-16H2/t22-/m0/s1. The smallest absolute Gasteiger partial charge is 0.223 e. The third-order valence-electron chi connectivity index (χ3n) is 6.12. The van der Waals surface area contributed by atoms with E-state index in [2.05, 4.69) is 0 Å². The van der Waals surface area contributed by atoms with Gasteiger partial charge in [-0.2, -0.15) is 0 Å². The highest BCUT2D eigenvalue weighted by Crippen LogP contribution is 2.38. The quantitative estimate of drug-likeness (QED) is 0.528. The van der Waals surface area contributed by atoms with E-state index in [1.807, 2.05) is 29.2 Å². The van der Waals surface area contributed by atoms with Crippen molar-refractivity contribution in [1.29, 1.82) is 0 Å². The van der Waals surface area contributed by atoms with Crippen molar-refractivity contribution in [3.05, 3.63) is 71.7 Å². The summed E-state index contributed by atoms with van der Waals surface area (Å²) >= 11 is 0. The third-order valence-corrected chi connectivity index (χ3v) is 6.12. The number of ether oxygens (including phenoxy) is 2. The lowest BCUT2D eigenvalue weighted by atomic mass is 10.0. The number of hydrogen-bond donors (Lipinski definition) is 0. The second kappa shape index (κ2) is 9.07. The molecule has 2 aliphatic heterocycles. The maximum absolute atomic E-state index is 14.0. The zero-order chi connectivity index (χ0) is 21.9. The van der Waals surface area contributed by atoms with Gasteiger partial charge in [-0.3, -0.25) is 4.79 Å². The average Bonchev–Trinajstić information content (AvgIpc) is 3.43. The molecule has 166 valence electrons. The van der Waals surface area contributed by atoms with Gasteiger partial charge in [0.1, 0.15) is 17.3 Å². The van der Waals surface area contributed by atoms with Crippen molar-refractivity contribution in [2.45, 2.75) is 38.1 Å². The maximum Gasteiger partial charge on any atom is 0.223 e. The Bertz CT molecular complexity index is 1110. The summed E-state index contributed by atoms with van der Waals surface area (Å²) < 4.78 is 31.4. The average molecular weight is 435 g/mol. The minimum atomic E-state index is -0.320. The van der Waals surface area contributed by atoms with Crippen molar-refractivity contribution < 1.29 is 23.1 Å². The Labute approximate surface area is 186 Å². The molecule has 0 N–H and O–H groups in total. The molecule has 0 spiro atoms.